The van der Waals surface area contributed by atoms with Gasteiger partial charge in [0, 0.05) is 31.1 Å². The summed E-state index contributed by atoms with van der Waals surface area (Å²) in [6, 6.07) is -0.390. The van der Waals surface area contributed by atoms with Gasteiger partial charge in [0.05, 0.1) is 18.2 Å². The molecule has 2 unspecified atom stereocenters. The number of hydrogen-bond acceptors (Lipinski definition) is 6. The van der Waals surface area contributed by atoms with Crippen molar-refractivity contribution in [2.24, 2.45) is 5.89 Å². The first-order chi connectivity index (χ1) is 19.0. The Kier molecular flexibility index (Phi) is 4.45. The van der Waals surface area contributed by atoms with Crippen LogP contribution in [0, 0.1) is 12.8 Å². The lowest BCUT2D eigenvalue weighted by Gasteiger charge is -2.27. The molecule has 9 nitrogen and oxygen atoms in total. The van der Waals surface area contributed by atoms with Crippen molar-refractivity contribution in [2.45, 2.75) is 56.7 Å². The van der Waals surface area contributed by atoms with Gasteiger partial charge in [0.2, 0.25) is 0 Å². The Labute approximate surface area is 202 Å². The number of urea groups is 1. The molecule has 3 rings (SSSR count). The highest BCUT2D eigenvalue weighted by Crippen LogP contribution is 2.23. The maximum atomic E-state index is 12.8. The molecular weight excluding hydrogens is 430 g/mol. The molecule has 0 bridgehead atoms. The van der Waals surface area contributed by atoms with Crippen LogP contribution in [0.25, 0.3) is 0 Å². The number of aromatic nitrogens is 2. The number of aryl methyl sites for hydroxylation is 1. The Balaban J connectivity index is 1.72. The topological polar surface area (TPSA) is 130 Å². The molecule has 0 radical (unpaired) electrons. The van der Waals surface area contributed by atoms with Gasteiger partial charge >= 0.3 is 6.03 Å². The summed E-state index contributed by atoms with van der Waals surface area (Å²) in [5.74, 6) is -3.56. The van der Waals surface area contributed by atoms with Crippen molar-refractivity contribution in [1.29, 1.82) is 0 Å². The second-order valence-electron chi connectivity index (χ2n) is 6.75. The lowest BCUT2D eigenvalue weighted by atomic mass is 9.87. The number of sulfonamides is 1. The Bertz CT molecular complexity index is 1440. The van der Waals surface area contributed by atoms with Crippen LogP contribution in [-0.2, 0) is 16.4 Å². The molecule has 1 heterocycles. The van der Waals surface area contributed by atoms with E-state index in [2.05, 4.69) is 15.3 Å². The van der Waals surface area contributed by atoms with E-state index in [4.69, 9.17) is 13.7 Å². The van der Waals surface area contributed by atoms with Crippen LogP contribution in [0.3, 0.4) is 0 Å². The van der Waals surface area contributed by atoms with Gasteiger partial charge in [-0.1, -0.05) is 31.8 Å². The molecule has 0 aliphatic heterocycles. The highest BCUT2D eigenvalue weighted by atomic mass is 32.2. The predicted octanol–water partition coefficient (Wildman–Crippen LogP) is 2.32. The molecule has 0 saturated heterocycles. The molecule has 1 aromatic carbocycles. The van der Waals surface area contributed by atoms with Crippen molar-refractivity contribution in [3.63, 3.8) is 0 Å². The first kappa shape index (κ1) is 13.5. The Morgan fingerprint density at radius 2 is 1.94 bits per heavy atom. The largest absolute Gasteiger partial charge is 0.350 e. The van der Waals surface area contributed by atoms with E-state index < -0.39 is 64.3 Å². The van der Waals surface area contributed by atoms with Crippen LogP contribution < -0.4 is 15.4 Å². The molecule has 1 aliphatic carbocycles. The fourth-order valence-corrected chi connectivity index (χ4v) is 3.48. The molecule has 32 heavy (non-hydrogen) atoms. The lowest BCUT2D eigenvalue weighted by Crippen LogP contribution is -2.45. The number of carbonyl (C=O) groups excluding carboxylic acids is 2. The highest BCUT2D eigenvalue weighted by molar-refractivity contribution is 7.90. The van der Waals surface area contributed by atoms with Crippen LogP contribution in [0.15, 0.2) is 41.6 Å². The van der Waals surface area contributed by atoms with Crippen LogP contribution in [0.4, 0.5) is 4.79 Å². The van der Waals surface area contributed by atoms with Gasteiger partial charge in [-0.3, -0.25) is 9.78 Å². The highest BCUT2D eigenvalue weighted by Gasteiger charge is 2.23. The number of nitrogens with zero attached hydrogens (tertiary/aromatic N) is 2. The van der Waals surface area contributed by atoms with Gasteiger partial charge in [-0.25, -0.2) is 22.9 Å². The third kappa shape index (κ3) is 6.74. The maximum Gasteiger partial charge on any atom is 0.328 e. The normalized spacial score (nSPS) is 34.1. The maximum absolute atomic E-state index is 12.8. The van der Waals surface area contributed by atoms with Crippen LogP contribution in [0.1, 0.15) is 67.9 Å². The molecule has 1 aromatic heterocycles. The summed E-state index contributed by atoms with van der Waals surface area (Å²) in [4.78, 5) is 32.3. The van der Waals surface area contributed by atoms with E-state index in [1.807, 2.05) is 0 Å². The van der Waals surface area contributed by atoms with Gasteiger partial charge in [0.1, 0.15) is 5.69 Å². The van der Waals surface area contributed by atoms with E-state index >= 15 is 0 Å². The smallest absolute Gasteiger partial charge is 0.328 e. The Morgan fingerprint density at radius 1 is 1.19 bits per heavy atom. The van der Waals surface area contributed by atoms with Crippen molar-refractivity contribution in [3.05, 3.63) is 53.6 Å². The van der Waals surface area contributed by atoms with Crippen LogP contribution in [0.5, 0.6) is 0 Å². The van der Waals surface area contributed by atoms with E-state index in [1.165, 1.54) is 34.6 Å². The summed E-state index contributed by atoms with van der Waals surface area (Å²) in [7, 11) is -4.67. The summed E-state index contributed by atoms with van der Waals surface area (Å²) in [6.07, 6.45) is -11.4. The average molecular weight is 470 g/mol. The van der Waals surface area contributed by atoms with Crippen LogP contribution >= 0.6 is 0 Å². The number of rotatable bonds is 7. The first-order valence-electron chi connectivity index (χ1n) is 14.5. The molecule has 0 spiro atoms. The average Bonchev–Trinajstić information content (AvgIpc) is 2.87. The quantitative estimate of drug-likeness (QED) is 0.570. The fraction of sp³-hybridized carbons (Fsp3) is 0.455. The summed E-state index contributed by atoms with van der Waals surface area (Å²) < 4.78 is 109. The Hall–Kier alpha value is -3.01. The molecule has 1 fully saturated rings. The first-order valence-corrected chi connectivity index (χ1v) is 11.0. The van der Waals surface area contributed by atoms with Gasteiger partial charge in [0.25, 0.3) is 15.9 Å². The summed E-state index contributed by atoms with van der Waals surface area (Å²) in [6.45, 7) is 2.53. The third-order valence-corrected chi connectivity index (χ3v) is 5.51. The summed E-state index contributed by atoms with van der Waals surface area (Å²) in [5, 5.41) is 4.17. The molecule has 1 aliphatic rings. The van der Waals surface area contributed by atoms with E-state index in [9.17, 15) is 18.0 Å². The minimum atomic E-state index is -4.67. The molecule has 1 saturated carbocycles. The fourth-order valence-electron chi connectivity index (χ4n) is 2.58. The van der Waals surface area contributed by atoms with Crippen LogP contribution in [-0.4, -0.2) is 42.9 Å². The molecule has 172 valence electrons. The van der Waals surface area contributed by atoms with Crippen molar-refractivity contribution < 1.29 is 31.7 Å². The molecule has 2 atom stereocenters. The van der Waals surface area contributed by atoms with E-state index in [-0.39, 0.29) is 12.2 Å². The zero-order valence-electron chi connectivity index (χ0n) is 27.3. The standard InChI is InChI=1S/C22H29N5O4S/c1-15-4-3-5-18(12-15)26-22(29)27-32(30,31)19-8-6-17(7-9-19)10-11-23-21(28)20-14-24-16(2)13-25-20/h6-9,13-15,18H,3-5,10-12H2,1-2H3,(H,23,28)(H2,26,27,29)/i3D2,4D2,5D2,12D2,15D,18D. The second-order valence-corrected chi connectivity index (χ2v) is 8.43. The van der Waals surface area contributed by atoms with Crippen molar-refractivity contribution in [1.82, 2.24) is 25.3 Å². The number of nitrogens with one attached hydrogen (secondary N) is 3. The van der Waals surface area contributed by atoms with E-state index in [1.54, 1.807) is 6.92 Å². The lowest BCUT2D eigenvalue weighted by molar-refractivity contribution is 0.0948. The predicted molar refractivity (Wildman–Crippen MR) is 120 cm³/mol. The summed E-state index contributed by atoms with van der Waals surface area (Å²) in [5.41, 5.74) is 1.37. The zero-order valence-corrected chi connectivity index (χ0v) is 18.1. The SMILES string of the molecule is [2H]C1([2H])C([2H])([2H])C([2H])(C)C([2H])([2H])C([2H])(NC(=O)NS(=O)(=O)c2ccc(CCNC(=O)c3cnc(C)cn3)cc2)C1([2H])[2H]. The van der Waals surface area contributed by atoms with Gasteiger partial charge in [0.15, 0.2) is 0 Å². The molecule has 2 aromatic rings. The number of hydrogen-bond donors (Lipinski definition) is 3. The van der Waals surface area contributed by atoms with Gasteiger partial charge in [-0.2, -0.15) is 0 Å². The van der Waals surface area contributed by atoms with Crippen molar-refractivity contribution in [3.8, 4) is 0 Å². The number of amides is 3. The van der Waals surface area contributed by atoms with Gasteiger partial charge in [-0.15, -0.1) is 0 Å². The molecule has 3 amide bonds. The van der Waals surface area contributed by atoms with Crippen molar-refractivity contribution >= 4 is 22.0 Å². The second kappa shape index (κ2) is 10.5. The van der Waals surface area contributed by atoms with Gasteiger partial charge < -0.3 is 10.6 Å². The zero-order chi connectivity index (χ0) is 32.2. The van der Waals surface area contributed by atoms with E-state index in [0.717, 1.165) is 12.1 Å². The minimum absolute atomic E-state index is 0.123. The number of carbonyl (C=O) groups is 2. The molecule has 3 N–H and O–H groups in total. The monoisotopic (exact) mass is 469 g/mol. The minimum Gasteiger partial charge on any atom is -0.350 e. The third-order valence-electron chi connectivity index (χ3n) is 4.16. The van der Waals surface area contributed by atoms with E-state index in [0.29, 0.717) is 24.6 Å². The Morgan fingerprint density at radius 3 is 2.62 bits per heavy atom. The molecule has 10 heteroatoms. The number of benzene rings is 1. The molecular formula is C22H29N5O4S. The summed E-state index contributed by atoms with van der Waals surface area (Å²) >= 11 is 0. The van der Waals surface area contributed by atoms with Gasteiger partial charge in [-0.05, 0) is 49.7 Å². The van der Waals surface area contributed by atoms with Crippen molar-refractivity contribution in [2.75, 3.05) is 6.54 Å². The van der Waals surface area contributed by atoms with Crippen LogP contribution in [0.2, 0.25) is 0 Å².